The number of rotatable bonds is 5. The molecule has 1 aromatic carbocycles. The van der Waals surface area contributed by atoms with Crippen LogP contribution >= 0.6 is 11.3 Å². The number of fused-ring (bicyclic) bond motifs is 3. The number of thiophene rings is 1. The number of esters is 1. The van der Waals surface area contributed by atoms with Crippen LogP contribution in [0.4, 0.5) is 0 Å². The smallest absolute Gasteiger partial charge is 0.337 e. The first kappa shape index (κ1) is 19.4. The van der Waals surface area contributed by atoms with Gasteiger partial charge in [-0.1, -0.05) is 0 Å². The van der Waals surface area contributed by atoms with E-state index in [0.29, 0.717) is 23.5 Å². The Morgan fingerprint density at radius 1 is 1.17 bits per heavy atom. The number of nitrogens with one attached hydrogen (secondary N) is 1. The van der Waals surface area contributed by atoms with Crippen molar-refractivity contribution in [1.29, 1.82) is 0 Å². The number of benzene rings is 1. The van der Waals surface area contributed by atoms with Crippen LogP contribution in [0, 0.1) is 6.92 Å². The number of hydrogen-bond acceptors (Lipinski definition) is 5. The molecule has 3 aromatic rings. The van der Waals surface area contributed by atoms with Gasteiger partial charge in [0.2, 0.25) is 5.91 Å². The maximum Gasteiger partial charge on any atom is 0.337 e. The molecular formula is C22H22N2O4S. The Bertz CT molecular complexity index is 1110. The van der Waals surface area contributed by atoms with E-state index in [1.165, 1.54) is 18.4 Å². The number of aryl methyl sites for hydroxylation is 1. The summed E-state index contributed by atoms with van der Waals surface area (Å²) in [5.74, 6) is -0.382. The fourth-order valence-corrected chi connectivity index (χ4v) is 4.59. The van der Waals surface area contributed by atoms with Gasteiger partial charge in [0.1, 0.15) is 0 Å². The molecule has 1 amide bonds. The summed E-state index contributed by atoms with van der Waals surface area (Å²) in [7, 11) is 1.36. The second-order valence-corrected chi connectivity index (χ2v) is 8.52. The minimum atomic E-state index is -0.382. The third kappa shape index (κ3) is 3.82. The van der Waals surface area contributed by atoms with Gasteiger partial charge < -0.3 is 14.6 Å². The summed E-state index contributed by atoms with van der Waals surface area (Å²) in [6.45, 7) is 3.06. The second kappa shape index (κ2) is 7.83. The SMILES string of the molecule is COC(=O)c1ccc2[nH]c3c(c2c1)CN(C(=O)CCC(=O)c1ccc(C)s1)CC3. The van der Waals surface area contributed by atoms with Crippen molar-refractivity contribution in [2.75, 3.05) is 13.7 Å². The van der Waals surface area contributed by atoms with E-state index in [9.17, 15) is 14.4 Å². The number of carbonyl (C=O) groups excluding carboxylic acids is 3. The number of methoxy groups -OCH3 is 1. The van der Waals surface area contributed by atoms with Gasteiger partial charge in [0.05, 0.1) is 17.6 Å². The highest BCUT2D eigenvalue weighted by molar-refractivity contribution is 7.14. The van der Waals surface area contributed by atoms with Gasteiger partial charge in [-0.15, -0.1) is 11.3 Å². The van der Waals surface area contributed by atoms with Crippen molar-refractivity contribution in [3.8, 4) is 0 Å². The van der Waals surface area contributed by atoms with Crippen molar-refractivity contribution in [3.63, 3.8) is 0 Å². The molecule has 7 heteroatoms. The molecule has 0 spiro atoms. The maximum atomic E-state index is 12.7. The van der Waals surface area contributed by atoms with E-state index in [4.69, 9.17) is 4.74 Å². The van der Waals surface area contributed by atoms with E-state index in [-0.39, 0.29) is 30.5 Å². The number of aromatic nitrogens is 1. The first-order valence-corrected chi connectivity index (χ1v) is 10.4. The Kier molecular flexibility index (Phi) is 5.24. The monoisotopic (exact) mass is 410 g/mol. The van der Waals surface area contributed by atoms with Crippen LogP contribution in [0.15, 0.2) is 30.3 Å². The first-order valence-electron chi connectivity index (χ1n) is 9.55. The van der Waals surface area contributed by atoms with Crippen molar-refractivity contribution >= 4 is 39.9 Å². The zero-order valence-electron chi connectivity index (χ0n) is 16.4. The predicted molar refractivity (Wildman–Crippen MR) is 111 cm³/mol. The van der Waals surface area contributed by atoms with Gasteiger partial charge >= 0.3 is 5.97 Å². The van der Waals surface area contributed by atoms with Gasteiger partial charge in [0.25, 0.3) is 0 Å². The van der Waals surface area contributed by atoms with Crippen LogP contribution < -0.4 is 0 Å². The second-order valence-electron chi connectivity index (χ2n) is 7.23. The van der Waals surface area contributed by atoms with Crippen LogP contribution in [0.2, 0.25) is 0 Å². The Labute approximate surface area is 172 Å². The molecule has 4 rings (SSSR count). The number of ether oxygens (including phenoxy) is 1. The molecule has 1 aliphatic rings. The first-order chi connectivity index (χ1) is 14.0. The van der Waals surface area contributed by atoms with Crippen molar-refractivity contribution in [1.82, 2.24) is 9.88 Å². The Hall–Kier alpha value is -2.93. The highest BCUT2D eigenvalue weighted by atomic mass is 32.1. The summed E-state index contributed by atoms with van der Waals surface area (Å²) in [6, 6.07) is 9.16. The Balaban J connectivity index is 1.47. The lowest BCUT2D eigenvalue weighted by Crippen LogP contribution is -2.35. The van der Waals surface area contributed by atoms with Crippen molar-refractivity contribution in [2.24, 2.45) is 0 Å². The third-order valence-electron chi connectivity index (χ3n) is 5.33. The molecule has 0 aliphatic carbocycles. The van der Waals surface area contributed by atoms with Gasteiger partial charge in [-0.25, -0.2) is 4.79 Å². The molecule has 0 radical (unpaired) electrons. The van der Waals surface area contributed by atoms with E-state index < -0.39 is 0 Å². The molecule has 0 bridgehead atoms. The molecule has 0 saturated carbocycles. The van der Waals surface area contributed by atoms with E-state index in [1.54, 1.807) is 11.0 Å². The summed E-state index contributed by atoms with van der Waals surface area (Å²) < 4.78 is 4.81. The summed E-state index contributed by atoms with van der Waals surface area (Å²) in [5, 5.41) is 0.936. The average molecular weight is 410 g/mol. The van der Waals surface area contributed by atoms with Crippen LogP contribution in [0.1, 0.15) is 49.0 Å². The number of Topliss-reactive ketones (excluding diaryl/α,β-unsaturated/α-hetero) is 1. The van der Waals surface area contributed by atoms with Gasteiger partial charge in [-0.05, 0) is 37.3 Å². The van der Waals surface area contributed by atoms with Gasteiger partial charge in [-0.2, -0.15) is 0 Å². The molecular weight excluding hydrogens is 388 g/mol. The fourth-order valence-electron chi connectivity index (χ4n) is 3.76. The van der Waals surface area contributed by atoms with Crippen LogP contribution in [0.3, 0.4) is 0 Å². The summed E-state index contributed by atoms with van der Waals surface area (Å²) in [6.07, 6.45) is 1.16. The molecule has 0 unspecified atom stereocenters. The quantitative estimate of drug-likeness (QED) is 0.511. The summed E-state index contributed by atoms with van der Waals surface area (Å²) >= 11 is 1.47. The Morgan fingerprint density at radius 2 is 2.00 bits per heavy atom. The normalized spacial score (nSPS) is 13.4. The third-order valence-corrected chi connectivity index (χ3v) is 6.37. The molecule has 6 nitrogen and oxygen atoms in total. The maximum absolute atomic E-state index is 12.7. The number of nitrogens with zero attached hydrogens (tertiary/aromatic N) is 1. The van der Waals surface area contributed by atoms with Crippen LogP contribution in [-0.2, 0) is 22.5 Å². The van der Waals surface area contributed by atoms with E-state index in [2.05, 4.69) is 4.98 Å². The predicted octanol–water partition coefficient (Wildman–Crippen LogP) is 3.87. The van der Waals surface area contributed by atoms with Gasteiger partial charge in [0, 0.05) is 59.4 Å². The van der Waals surface area contributed by atoms with Gasteiger partial charge in [0.15, 0.2) is 5.78 Å². The molecule has 29 heavy (non-hydrogen) atoms. The summed E-state index contributed by atoms with van der Waals surface area (Å²) in [5.41, 5.74) is 3.56. The van der Waals surface area contributed by atoms with E-state index in [0.717, 1.165) is 33.5 Å². The molecule has 0 fully saturated rings. The minimum absolute atomic E-state index is 0.0176. The lowest BCUT2D eigenvalue weighted by Gasteiger charge is -2.27. The number of carbonyl (C=O) groups is 3. The fraction of sp³-hybridized carbons (Fsp3) is 0.318. The van der Waals surface area contributed by atoms with Crippen LogP contribution in [-0.4, -0.2) is 41.2 Å². The molecule has 2 aromatic heterocycles. The van der Waals surface area contributed by atoms with Crippen LogP contribution in [0.25, 0.3) is 10.9 Å². The standard InChI is InChI=1S/C22H22N2O4S/c1-13-3-7-20(29-13)19(25)6-8-21(26)24-10-9-18-16(12-24)15-11-14(22(27)28-2)4-5-17(15)23-18/h3-5,7,11,23H,6,8-10,12H2,1-2H3. The number of amides is 1. The molecule has 1 aliphatic heterocycles. The molecule has 0 saturated heterocycles. The number of aromatic amines is 1. The van der Waals surface area contributed by atoms with Crippen molar-refractivity contribution in [3.05, 3.63) is 56.9 Å². The minimum Gasteiger partial charge on any atom is -0.465 e. The van der Waals surface area contributed by atoms with Crippen LogP contribution in [0.5, 0.6) is 0 Å². The van der Waals surface area contributed by atoms with Gasteiger partial charge in [-0.3, -0.25) is 9.59 Å². The topological polar surface area (TPSA) is 79.5 Å². The number of ketones is 1. The molecule has 1 N–H and O–H groups in total. The zero-order valence-corrected chi connectivity index (χ0v) is 17.2. The molecule has 3 heterocycles. The highest BCUT2D eigenvalue weighted by Crippen LogP contribution is 2.29. The largest absolute Gasteiger partial charge is 0.465 e. The molecule has 150 valence electrons. The van der Waals surface area contributed by atoms with E-state index in [1.807, 2.05) is 31.2 Å². The zero-order chi connectivity index (χ0) is 20.5. The Morgan fingerprint density at radius 3 is 2.72 bits per heavy atom. The van der Waals surface area contributed by atoms with Crippen molar-refractivity contribution in [2.45, 2.75) is 32.7 Å². The van der Waals surface area contributed by atoms with Crippen molar-refractivity contribution < 1.29 is 19.1 Å². The lowest BCUT2D eigenvalue weighted by molar-refractivity contribution is -0.132. The average Bonchev–Trinajstić information content (AvgIpc) is 3.33. The van der Waals surface area contributed by atoms with E-state index >= 15 is 0 Å². The summed E-state index contributed by atoms with van der Waals surface area (Å²) in [4.78, 5) is 43.9. The number of hydrogen-bond donors (Lipinski definition) is 1. The highest BCUT2D eigenvalue weighted by Gasteiger charge is 2.25. The lowest BCUT2D eigenvalue weighted by atomic mass is 10.0. The number of H-pyrrole nitrogens is 1. The molecule has 0 atom stereocenters.